The van der Waals surface area contributed by atoms with Gasteiger partial charge in [-0.15, -0.1) is 5.10 Å². The van der Waals surface area contributed by atoms with Crippen molar-refractivity contribution in [2.75, 3.05) is 4.90 Å². The van der Waals surface area contributed by atoms with Gasteiger partial charge in [-0.3, -0.25) is 0 Å². The lowest BCUT2D eigenvalue weighted by atomic mass is 9.94. The zero-order valence-electron chi connectivity index (χ0n) is 18.9. The van der Waals surface area contributed by atoms with E-state index in [2.05, 4.69) is 88.6 Å². The Morgan fingerprint density at radius 1 is 0.676 bits per heavy atom. The summed E-state index contributed by atoms with van der Waals surface area (Å²) in [5.74, 6) is 0.998. The standard InChI is InChI=1S/C29H25N5/c1-2-10-23(11-3-1)32-19-18-25(30-32)28-17-15-21-8-4-6-12-26(21)33(28)29-20-24-16-14-22-9-5-7-13-27(22)34(24)31-29/h1-13,18-20,28H,14-17H2. The van der Waals surface area contributed by atoms with E-state index in [4.69, 9.17) is 10.2 Å². The molecule has 0 saturated carbocycles. The largest absolute Gasteiger partial charge is 0.315 e. The molecule has 0 radical (unpaired) electrons. The Kier molecular flexibility index (Phi) is 4.40. The molecule has 0 bridgehead atoms. The Balaban J connectivity index is 1.34. The molecule has 3 aromatic carbocycles. The molecule has 7 rings (SSSR count). The van der Waals surface area contributed by atoms with Crippen LogP contribution in [-0.4, -0.2) is 19.6 Å². The van der Waals surface area contributed by atoms with Crippen LogP contribution < -0.4 is 4.90 Å². The monoisotopic (exact) mass is 443 g/mol. The maximum Gasteiger partial charge on any atom is 0.156 e. The molecule has 1 unspecified atom stereocenters. The normalized spacial score (nSPS) is 16.6. The molecule has 4 heterocycles. The maximum atomic E-state index is 5.16. The molecule has 0 aliphatic carbocycles. The highest BCUT2D eigenvalue weighted by atomic mass is 15.4. The molecule has 5 heteroatoms. The Hall–Kier alpha value is -4.12. The lowest BCUT2D eigenvalue weighted by molar-refractivity contribution is 0.576. The molecule has 0 saturated heterocycles. The van der Waals surface area contributed by atoms with Crippen LogP contribution in [0.1, 0.15) is 35.0 Å². The van der Waals surface area contributed by atoms with Crippen LogP contribution in [0.2, 0.25) is 0 Å². The first-order valence-electron chi connectivity index (χ1n) is 12.0. The van der Waals surface area contributed by atoms with Gasteiger partial charge in [-0.05, 0) is 67.1 Å². The van der Waals surface area contributed by atoms with Crippen molar-refractivity contribution in [1.29, 1.82) is 0 Å². The highest BCUT2D eigenvalue weighted by molar-refractivity contribution is 5.68. The van der Waals surface area contributed by atoms with E-state index in [-0.39, 0.29) is 6.04 Å². The fourth-order valence-electron chi connectivity index (χ4n) is 5.45. The lowest BCUT2D eigenvalue weighted by Gasteiger charge is -2.36. The van der Waals surface area contributed by atoms with Gasteiger partial charge in [0.25, 0.3) is 0 Å². The number of fused-ring (bicyclic) bond motifs is 4. The Morgan fingerprint density at radius 3 is 2.26 bits per heavy atom. The first kappa shape index (κ1) is 19.4. The van der Waals surface area contributed by atoms with E-state index < -0.39 is 0 Å². The molecule has 0 fully saturated rings. The van der Waals surface area contributed by atoms with Gasteiger partial charge in [0.15, 0.2) is 5.82 Å². The minimum Gasteiger partial charge on any atom is -0.315 e. The average Bonchev–Trinajstić information content (AvgIpc) is 3.56. The van der Waals surface area contributed by atoms with Crippen LogP contribution in [0.5, 0.6) is 0 Å². The smallest absolute Gasteiger partial charge is 0.156 e. The lowest BCUT2D eigenvalue weighted by Crippen LogP contribution is -2.30. The van der Waals surface area contributed by atoms with Gasteiger partial charge in [0, 0.05) is 23.6 Å². The molecule has 2 aliphatic rings. The number of benzene rings is 3. The van der Waals surface area contributed by atoms with E-state index >= 15 is 0 Å². The van der Waals surface area contributed by atoms with Crippen molar-refractivity contribution in [3.8, 4) is 11.4 Å². The van der Waals surface area contributed by atoms with Gasteiger partial charge in [-0.2, -0.15) is 5.10 Å². The first-order valence-corrected chi connectivity index (χ1v) is 12.0. The van der Waals surface area contributed by atoms with Gasteiger partial charge in [-0.25, -0.2) is 9.36 Å². The van der Waals surface area contributed by atoms with Crippen LogP contribution in [0.25, 0.3) is 11.4 Å². The third-order valence-electron chi connectivity index (χ3n) is 7.11. The molecule has 2 aromatic heterocycles. The number of nitrogens with zero attached hydrogens (tertiary/aromatic N) is 5. The second kappa shape index (κ2) is 7.73. The van der Waals surface area contributed by atoms with Gasteiger partial charge in [0.1, 0.15) is 0 Å². The number of anilines is 2. The second-order valence-corrected chi connectivity index (χ2v) is 9.11. The summed E-state index contributed by atoms with van der Waals surface area (Å²) in [6.07, 6.45) is 6.17. The molecule has 5 aromatic rings. The Labute approximate surface area is 198 Å². The van der Waals surface area contributed by atoms with E-state index in [9.17, 15) is 0 Å². The van der Waals surface area contributed by atoms with Gasteiger partial charge in [0.2, 0.25) is 0 Å². The third kappa shape index (κ3) is 3.08. The SMILES string of the molecule is c1ccc(-n2ccc(C3CCc4ccccc4N3c3cc4n(n3)-c3ccccc3CC4)n2)cc1. The maximum absolute atomic E-state index is 5.16. The van der Waals surface area contributed by atoms with Crippen LogP contribution in [-0.2, 0) is 19.3 Å². The van der Waals surface area contributed by atoms with Gasteiger partial charge in [-0.1, -0.05) is 54.6 Å². The molecule has 1 atom stereocenters. The average molecular weight is 444 g/mol. The quantitative estimate of drug-likeness (QED) is 0.344. The highest BCUT2D eigenvalue weighted by Gasteiger charge is 2.33. The summed E-state index contributed by atoms with van der Waals surface area (Å²) in [7, 11) is 0. The minimum absolute atomic E-state index is 0.132. The number of aromatic nitrogens is 4. The van der Waals surface area contributed by atoms with Crippen LogP contribution in [0.3, 0.4) is 0 Å². The second-order valence-electron chi connectivity index (χ2n) is 9.11. The molecule has 0 amide bonds. The molecular weight excluding hydrogens is 418 g/mol. The molecular formula is C29H25N5. The van der Waals surface area contributed by atoms with Crippen LogP contribution in [0.15, 0.2) is 97.2 Å². The van der Waals surface area contributed by atoms with E-state index in [1.165, 1.54) is 28.2 Å². The summed E-state index contributed by atoms with van der Waals surface area (Å²) in [5.41, 5.74) is 8.58. The molecule has 2 aliphatic heterocycles. The zero-order valence-corrected chi connectivity index (χ0v) is 18.9. The number of para-hydroxylation sites is 3. The van der Waals surface area contributed by atoms with Gasteiger partial charge >= 0.3 is 0 Å². The van der Waals surface area contributed by atoms with Crippen molar-refractivity contribution in [2.24, 2.45) is 0 Å². The van der Waals surface area contributed by atoms with E-state index in [1.54, 1.807) is 0 Å². The number of aryl methyl sites for hydroxylation is 3. The number of hydrogen-bond donors (Lipinski definition) is 0. The predicted molar refractivity (Wildman–Crippen MR) is 134 cm³/mol. The van der Waals surface area contributed by atoms with Crippen LogP contribution in [0.4, 0.5) is 11.5 Å². The van der Waals surface area contributed by atoms with Crippen LogP contribution >= 0.6 is 0 Å². The summed E-state index contributed by atoms with van der Waals surface area (Å²) in [4.78, 5) is 2.41. The fourth-order valence-corrected chi connectivity index (χ4v) is 5.45. The predicted octanol–water partition coefficient (Wildman–Crippen LogP) is 5.98. The zero-order chi connectivity index (χ0) is 22.5. The third-order valence-corrected chi connectivity index (χ3v) is 7.11. The number of hydrogen-bond acceptors (Lipinski definition) is 3. The molecule has 5 nitrogen and oxygen atoms in total. The van der Waals surface area contributed by atoms with Crippen molar-refractivity contribution in [1.82, 2.24) is 19.6 Å². The Bertz CT molecular complexity index is 1480. The molecule has 166 valence electrons. The van der Waals surface area contributed by atoms with E-state index in [0.717, 1.165) is 42.9 Å². The van der Waals surface area contributed by atoms with Crippen molar-refractivity contribution >= 4 is 11.5 Å². The highest BCUT2D eigenvalue weighted by Crippen LogP contribution is 2.43. The van der Waals surface area contributed by atoms with Crippen molar-refractivity contribution in [3.63, 3.8) is 0 Å². The fraction of sp³-hybridized carbons (Fsp3) is 0.172. The summed E-state index contributed by atoms with van der Waals surface area (Å²) in [6, 6.07) is 32.2. The summed E-state index contributed by atoms with van der Waals surface area (Å²) < 4.78 is 4.12. The van der Waals surface area contributed by atoms with Crippen molar-refractivity contribution < 1.29 is 0 Å². The van der Waals surface area contributed by atoms with Crippen molar-refractivity contribution in [2.45, 2.75) is 31.7 Å². The molecule has 0 spiro atoms. The number of rotatable bonds is 3. The minimum atomic E-state index is 0.132. The summed E-state index contributed by atoms with van der Waals surface area (Å²) in [6.45, 7) is 0. The van der Waals surface area contributed by atoms with Gasteiger partial charge < -0.3 is 4.90 Å². The van der Waals surface area contributed by atoms with Crippen molar-refractivity contribution in [3.05, 3.63) is 120 Å². The first-order chi connectivity index (χ1) is 16.8. The van der Waals surface area contributed by atoms with Gasteiger partial charge in [0.05, 0.1) is 23.1 Å². The summed E-state index contributed by atoms with van der Waals surface area (Å²) in [5, 5.41) is 10.2. The van der Waals surface area contributed by atoms with Crippen LogP contribution in [0, 0.1) is 0 Å². The van der Waals surface area contributed by atoms with E-state index in [1.807, 2.05) is 22.9 Å². The Morgan fingerprint density at radius 2 is 1.41 bits per heavy atom. The molecule has 34 heavy (non-hydrogen) atoms. The summed E-state index contributed by atoms with van der Waals surface area (Å²) >= 11 is 0. The topological polar surface area (TPSA) is 38.9 Å². The van der Waals surface area contributed by atoms with E-state index in [0.29, 0.717) is 0 Å². The molecule has 0 N–H and O–H groups in total.